The Morgan fingerprint density at radius 3 is 1.43 bits per heavy atom. The highest BCUT2D eigenvalue weighted by molar-refractivity contribution is 5.70. The van der Waals surface area contributed by atoms with Crippen LogP contribution >= 0.6 is 0 Å². The van der Waals surface area contributed by atoms with Gasteiger partial charge in [-0.3, -0.25) is 9.59 Å². The number of carbonyl (C=O) groups is 3. The molecule has 0 aromatic carbocycles. The van der Waals surface area contributed by atoms with Crippen molar-refractivity contribution in [3.05, 3.63) is 12.2 Å². The summed E-state index contributed by atoms with van der Waals surface area (Å²) in [7, 11) is 3.73. The molecule has 1 saturated heterocycles. The van der Waals surface area contributed by atoms with Gasteiger partial charge < -0.3 is 24.0 Å². The van der Waals surface area contributed by atoms with Crippen LogP contribution in [-0.4, -0.2) is 80.4 Å². The van der Waals surface area contributed by atoms with Gasteiger partial charge in [0.2, 0.25) is 0 Å². The van der Waals surface area contributed by atoms with Crippen LogP contribution < -0.4 is 0 Å². The second kappa shape index (κ2) is 33.7. The molecule has 0 spiro atoms. The van der Waals surface area contributed by atoms with Gasteiger partial charge in [0.15, 0.2) is 6.10 Å². The molecule has 8 heteroatoms. The lowest BCUT2D eigenvalue weighted by Crippen LogP contribution is -2.58. The molecule has 1 aliphatic rings. The number of esters is 2. The molecule has 8 nitrogen and oxygen atoms in total. The number of hydrogen-bond donors (Lipinski definition) is 0. The maximum absolute atomic E-state index is 12.7. The molecule has 0 radical (unpaired) electrons. The summed E-state index contributed by atoms with van der Waals surface area (Å²) in [6, 6.07) is 0.114. The SMILES string of the molecule is CCCCCCCC/C=C\CCCCCCCC(=O)OC(COC(=O)CCCCCCCCCCCCCCC)COC(=O)N(C)C1CN(C)C1. The van der Waals surface area contributed by atoms with Crippen molar-refractivity contribution in [3.63, 3.8) is 0 Å². The van der Waals surface area contributed by atoms with Crippen molar-refractivity contribution in [3.8, 4) is 0 Å². The van der Waals surface area contributed by atoms with Crippen LogP contribution in [0.5, 0.6) is 0 Å². The summed E-state index contributed by atoms with van der Waals surface area (Å²) in [5, 5.41) is 0. The van der Waals surface area contributed by atoms with E-state index in [4.69, 9.17) is 14.2 Å². The van der Waals surface area contributed by atoms with E-state index >= 15 is 0 Å². The lowest BCUT2D eigenvalue weighted by Gasteiger charge is -2.41. The number of hydrogen-bond acceptors (Lipinski definition) is 7. The van der Waals surface area contributed by atoms with Crippen molar-refractivity contribution in [1.29, 1.82) is 0 Å². The van der Waals surface area contributed by atoms with Crippen LogP contribution in [0.25, 0.3) is 0 Å². The van der Waals surface area contributed by atoms with Gasteiger partial charge >= 0.3 is 18.0 Å². The Hall–Kier alpha value is -2.09. The Labute approximate surface area is 314 Å². The van der Waals surface area contributed by atoms with Crippen molar-refractivity contribution >= 4 is 18.0 Å². The van der Waals surface area contributed by atoms with Crippen LogP contribution in [0.2, 0.25) is 0 Å². The van der Waals surface area contributed by atoms with Gasteiger partial charge in [0.1, 0.15) is 13.2 Å². The van der Waals surface area contributed by atoms with Gasteiger partial charge in [-0.15, -0.1) is 0 Å². The third-order valence-corrected chi connectivity index (χ3v) is 10.1. The molecular formula is C43H80N2O6. The summed E-state index contributed by atoms with van der Waals surface area (Å²) >= 11 is 0. The average molecular weight is 721 g/mol. The second-order valence-corrected chi connectivity index (χ2v) is 15.2. The third kappa shape index (κ3) is 28.1. The van der Waals surface area contributed by atoms with Crippen LogP contribution in [0.3, 0.4) is 0 Å². The molecule has 298 valence electrons. The van der Waals surface area contributed by atoms with Crippen molar-refractivity contribution < 1.29 is 28.6 Å². The van der Waals surface area contributed by atoms with Crippen molar-refractivity contribution in [2.45, 2.75) is 206 Å². The number of likely N-dealkylation sites (tertiary alicyclic amines) is 1. The molecule has 1 unspecified atom stereocenters. The van der Waals surface area contributed by atoms with Crippen molar-refractivity contribution in [2.75, 3.05) is 40.4 Å². The monoisotopic (exact) mass is 721 g/mol. The largest absolute Gasteiger partial charge is 0.462 e. The van der Waals surface area contributed by atoms with Gasteiger partial charge in [0.05, 0.1) is 6.04 Å². The predicted octanol–water partition coefficient (Wildman–Crippen LogP) is 11.3. The summed E-state index contributed by atoms with van der Waals surface area (Å²) in [5.74, 6) is -0.632. The fourth-order valence-electron chi connectivity index (χ4n) is 6.57. The Balaban J connectivity index is 2.24. The molecule has 1 aliphatic heterocycles. The molecule has 0 aliphatic carbocycles. The highest BCUT2D eigenvalue weighted by Crippen LogP contribution is 2.15. The predicted molar refractivity (Wildman–Crippen MR) is 211 cm³/mol. The summed E-state index contributed by atoms with van der Waals surface area (Å²) in [4.78, 5) is 41.5. The molecular weight excluding hydrogens is 640 g/mol. The van der Waals surface area contributed by atoms with E-state index in [0.717, 1.165) is 64.5 Å². The Morgan fingerprint density at radius 2 is 0.980 bits per heavy atom. The number of nitrogens with zero attached hydrogens (tertiary/aromatic N) is 2. The zero-order valence-corrected chi connectivity index (χ0v) is 33.8. The highest BCUT2D eigenvalue weighted by Gasteiger charge is 2.31. The first kappa shape index (κ1) is 46.9. The van der Waals surface area contributed by atoms with E-state index in [2.05, 4.69) is 30.9 Å². The first-order valence-corrected chi connectivity index (χ1v) is 21.5. The van der Waals surface area contributed by atoms with Gasteiger partial charge in [-0.25, -0.2) is 4.79 Å². The van der Waals surface area contributed by atoms with Crippen molar-refractivity contribution in [2.24, 2.45) is 0 Å². The Morgan fingerprint density at radius 1 is 0.588 bits per heavy atom. The molecule has 1 atom stereocenters. The maximum atomic E-state index is 12.7. The zero-order valence-electron chi connectivity index (χ0n) is 33.8. The van der Waals surface area contributed by atoms with E-state index in [0.29, 0.717) is 12.8 Å². The van der Waals surface area contributed by atoms with Gasteiger partial charge in [0, 0.05) is 33.0 Å². The van der Waals surface area contributed by atoms with Gasteiger partial charge in [-0.2, -0.15) is 0 Å². The minimum absolute atomic E-state index is 0.0987. The summed E-state index contributed by atoms with van der Waals surface area (Å²) in [6.07, 6.45) is 35.9. The summed E-state index contributed by atoms with van der Waals surface area (Å²) < 4.78 is 16.7. The quantitative estimate of drug-likeness (QED) is 0.0279. The van der Waals surface area contributed by atoms with Gasteiger partial charge in [0.25, 0.3) is 0 Å². The van der Waals surface area contributed by atoms with Gasteiger partial charge in [-0.1, -0.05) is 154 Å². The number of allylic oxidation sites excluding steroid dienone is 2. The minimum atomic E-state index is -0.808. The minimum Gasteiger partial charge on any atom is -0.462 e. The van der Waals surface area contributed by atoms with Crippen LogP contribution in [0.1, 0.15) is 194 Å². The molecule has 0 aromatic heterocycles. The standard InChI is InChI=1S/C43H80N2O6/c1-5-7-9-11-13-15-17-19-20-22-24-26-28-30-32-34-42(47)51-40(38-50-43(48)45(4)39-35-44(3)36-39)37-49-41(46)33-31-29-27-25-23-21-18-16-14-12-10-8-6-2/h19-20,39-40H,5-18,21-38H2,1-4H3/b20-19-. The zero-order chi connectivity index (χ0) is 37.2. The number of carbonyl (C=O) groups excluding carboxylic acids is 3. The van der Waals surface area contributed by atoms with Crippen molar-refractivity contribution in [1.82, 2.24) is 9.80 Å². The summed E-state index contributed by atoms with van der Waals surface area (Å²) in [5.41, 5.74) is 0. The van der Waals surface area contributed by atoms with E-state index < -0.39 is 12.2 Å². The number of amides is 1. The first-order chi connectivity index (χ1) is 24.9. The first-order valence-electron chi connectivity index (χ1n) is 21.5. The second-order valence-electron chi connectivity index (χ2n) is 15.2. The molecule has 1 fully saturated rings. The van der Waals surface area contributed by atoms with E-state index in [9.17, 15) is 14.4 Å². The molecule has 0 saturated carbocycles. The average Bonchev–Trinajstić information content (AvgIpc) is 3.11. The Bertz CT molecular complexity index is 875. The van der Waals surface area contributed by atoms with Crippen LogP contribution in [0.4, 0.5) is 4.79 Å². The normalized spacial score (nSPS) is 14.0. The topological polar surface area (TPSA) is 85.4 Å². The molecule has 0 aromatic rings. The van der Waals surface area contributed by atoms with Crippen LogP contribution in [0, 0.1) is 0 Å². The van der Waals surface area contributed by atoms with E-state index in [-0.39, 0.29) is 31.2 Å². The van der Waals surface area contributed by atoms with Crippen LogP contribution in [0.15, 0.2) is 12.2 Å². The van der Waals surface area contributed by atoms with E-state index in [1.807, 2.05) is 7.05 Å². The number of ether oxygens (including phenoxy) is 3. The fourth-order valence-corrected chi connectivity index (χ4v) is 6.57. The number of rotatable bonds is 35. The van der Waals surface area contributed by atoms with E-state index in [1.54, 1.807) is 11.9 Å². The molecule has 1 amide bonds. The molecule has 1 rings (SSSR count). The van der Waals surface area contributed by atoms with E-state index in [1.165, 1.54) is 116 Å². The molecule has 0 N–H and O–H groups in total. The molecule has 0 bridgehead atoms. The van der Waals surface area contributed by atoms with Crippen LogP contribution in [-0.2, 0) is 23.8 Å². The maximum Gasteiger partial charge on any atom is 0.409 e. The Kier molecular flexibility index (Phi) is 31.0. The lowest BCUT2D eigenvalue weighted by molar-refractivity contribution is -0.161. The highest BCUT2D eigenvalue weighted by atomic mass is 16.6. The van der Waals surface area contributed by atoms with Gasteiger partial charge in [-0.05, 0) is 45.6 Å². The fraction of sp³-hybridized carbons (Fsp3) is 0.884. The summed E-state index contributed by atoms with van der Waals surface area (Å²) in [6.45, 7) is 5.89. The lowest BCUT2D eigenvalue weighted by atomic mass is 10.0. The number of unbranched alkanes of at least 4 members (excludes halogenated alkanes) is 23. The number of likely N-dealkylation sites (N-methyl/N-ethyl adjacent to an activating group) is 2. The smallest absolute Gasteiger partial charge is 0.409 e. The molecule has 51 heavy (non-hydrogen) atoms. The molecule has 1 heterocycles. The third-order valence-electron chi connectivity index (χ3n) is 10.1.